The van der Waals surface area contributed by atoms with Gasteiger partial charge >= 0.3 is 0 Å². The summed E-state index contributed by atoms with van der Waals surface area (Å²) >= 11 is 0. The van der Waals surface area contributed by atoms with Crippen LogP contribution in [0, 0.1) is 46.6 Å². The maximum absolute atomic E-state index is 3.61. The quantitative estimate of drug-likeness (QED) is 0.315. The molecule has 0 aliphatic carbocycles. The highest BCUT2D eigenvalue weighted by Crippen LogP contribution is 2.41. The molecule has 0 fully saturated rings. The van der Waals surface area contributed by atoms with E-state index in [2.05, 4.69) is 130 Å². The number of hydrogen-bond acceptors (Lipinski definition) is 0. The number of hydrogen-bond donors (Lipinski definition) is 0. The van der Waals surface area contributed by atoms with Crippen LogP contribution in [0.1, 0.15) is 83.1 Å². The van der Waals surface area contributed by atoms with Gasteiger partial charge in [0.2, 0.25) is 0 Å². The third-order valence-corrected chi connectivity index (χ3v) is 19.2. The van der Waals surface area contributed by atoms with Crippen LogP contribution >= 0.6 is 0 Å². The van der Waals surface area contributed by atoms with Crippen LogP contribution in [0.5, 0.6) is 0 Å². The van der Waals surface area contributed by atoms with Gasteiger partial charge in [-0.05, 0) is 68.8 Å². The predicted molar refractivity (Wildman–Crippen MR) is 133 cm³/mol. The smallest absolute Gasteiger partial charge is 0.116 e. The summed E-state index contributed by atoms with van der Waals surface area (Å²) in [5, 5.41) is 0. The summed E-state index contributed by atoms with van der Waals surface area (Å²) in [6, 6.07) is 0. The molecular formula is C26H42Si2. The average Bonchev–Trinajstić information content (AvgIpc) is 2.54. The summed E-state index contributed by atoms with van der Waals surface area (Å²) in [6.45, 7) is 27.8. The molecule has 0 spiro atoms. The molecule has 0 saturated carbocycles. The van der Waals surface area contributed by atoms with E-state index in [4.69, 9.17) is 0 Å². The van der Waals surface area contributed by atoms with Crippen LogP contribution in [0.2, 0.25) is 33.2 Å². The van der Waals surface area contributed by atoms with E-state index >= 15 is 0 Å². The molecule has 0 aliphatic rings. The van der Waals surface area contributed by atoms with Crippen LogP contribution < -0.4 is 0 Å². The van der Waals surface area contributed by atoms with Crippen LogP contribution in [-0.2, 0) is 0 Å². The minimum absolute atomic E-state index is 0.625. The second-order valence-corrected chi connectivity index (χ2v) is 21.0. The second kappa shape index (κ2) is 11.6. The maximum atomic E-state index is 3.61. The lowest BCUT2D eigenvalue weighted by molar-refractivity contribution is 0.838. The molecule has 0 rings (SSSR count). The predicted octanol–water partition coefficient (Wildman–Crippen LogP) is 7.44. The van der Waals surface area contributed by atoms with Crippen molar-refractivity contribution in [2.45, 2.75) is 116 Å². The Balaban J connectivity index is 5.62. The van der Waals surface area contributed by atoms with E-state index < -0.39 is 16.1 Å². The summed E-state index contributed by atoms with van der Waals surface area (Å²) in [5.74, 6) is 18.0. The van der Waals surface area contributed by atoms with E-state index in [1.165, 1.54) is 0 Å². The fourth-order valence-electron chi connectivity index (χ4n) is 5.27. The van der Waals surface area contributed by atoms with Gasteiger partial charge in [-0.1, -0.05) is 83.1 Å². The van der Waals surface area contributed by atoms with Crippen LogP contribution in [0.4, 0.5) is 0 Å². The first kappa shape index (κ1) is 26.7. The first-order valence-corrected chi connectivity index (χ1v) is 15.4. The third-order valence-electron chi connectivity index (χ3n) is 6.60. The Kier molecular flexibility index (Phi) is 11.1. The SMILES string of the molecule is CC(C)[Si](C#CC#CC#CC#C[Si](C(C)C)(C(C)C)C(C)C)(C(C)C)C(C)C. The summed E-state index contributed by atoms with van der Waals surface area (Å²) in [5.41, 5.74) is 11.0. The maximum Gasteiger partial charge on any atom is 0.147 e. The molecule has 0 bridgehead atoms. The minimum Gasteiger partial charge on any atom is -0.116 e. The van der Waals surface area contributed by atoms with Gasteiger partial charge in [0.15, 0.2) is 0 Å². The van der Waals surface area contributed by atoms with Crippen molar-refractivity contribution in [3.8, 4) is 46.6 Å². The van der Waals surface area contributed by atoms with Crippen molar-refractivity contribution in [1.29, 1.82) is 0 Å². The van der Waals surface area contributed by atoms with Gasteiger partial charge in [0.05, 0.1) is 0 Å². The molecule has 0 amide bonds. The molecule has 0 atom stereocenters. The molecule has 0 N–H and O–H groups in total. The highest BCUT2D eigenvalue weighted by Gasteiger charge is 2.42. The summed E-state index contributed by atoms with van der Waals surface area (Å²) in [6.07, 6.45) is 0. The standard InChI is InChI=1S/C26H42Si2/c1-21(2)27(22(3)4,23(5)6)19-17-15-13-14-16-18-20-28(24(7)8,25(9)10)26(11)12/h21-26H,1-12H3. The Morgan fingerprint density at radius 2 is 0.500 bits per heavy atom. The van der Waals surface area contributed by atoms with E-state index in [0.29, 0.717) is 33.2 Å². The zero-order valence-electron chi connectivity index (χ0n) is 20.5. The summed E-state index contributed by atoms with van der Waals surface area (Å²) < 4.78 is 0. The first-order chi connectivity index (χ1) is 12.9. The molecule has 2 heteroatoms. The Morgan fingerprint density at radius 3 is 0.679 bits per heavy atom. The molecule has 0 nitrogen and oxygen atoms in total. The van der Waals surface area contributed by atoms with E-state index in [9.17, 15) is 0 Å². The second-order valence-electron chi connectivity index (χ2n) is 9.79. The molecule has 0 unspecified atom stereocenters. The molecule has 0 heterocycles. The van der Waals surface area contributed by atoms with Gasteiger partial charge in [0.25, 0.3) is 0 Å². The van der Waals surface area contributed by atoms with E-state index in [1.807, 2.05) is 0 Å². The molecule has 0 aromatic rings. The van der Waals surface area contributed by atoms with Crippen molar-refractivity contribution in [1.82, 2.24) is 0 Å². The fourth-order valence-corrected chi connectivity index (χ4v) is 15.6. The minimum atomic E-state index is -1.70. The normalized spacial score (nSPS) is 11.6. The van der Waals surface area contributed by atoms with Crippen LogP contribution in [0.15, 0.2) is 0 Å². The molecule has 0 radical (unpaired) electrons. The molecule has 28 heavy (non-hydrogen) atoms. The third kappa shape index (κ3) is 6.08. The zero-order chi connectivity index (χ0) is 22.1. The average molecular weight is 411 g/mol. The fraction of sp³-hybridized carbons (Fsp3) is 0.692. The monoisotopic (exact) mass is 410 g/mol. The molecule has 0 aliphatic heterocycles. The van der Waals surface area contributed by atoms with Gasteiger partial charge in [-0.2, -0.15) is 0 Å². The lowest BCUT2D eigenvalue weighted by Crippen LogP contribution is -2.43. The highest BCUT2D eigenvalue weighted by atomic mass is 28.3. The first-order valence-electron chi connectivity index (χ1n) is 10.9. The Labute approximate surface area is 179 Å². The number of rotatable bonds is 6. The molecule has 154 valence electrons. The van der Waals surface area contributed by atoms with Crippen molar-refractivity contribution in [2.24, 2.45) is 0 Å². The van der Waals surface area contributed by atoms with Crippen LogP contribution in [0.25, 0.3) is 0 Å². The van der Waals surface area contributed by atoms with Gasteiger partial charge in [0, 0.05) is 0 Å². The van der Waals surface area contributed by atoms with Gasteiger partial charge in [-0.15, -0.1) is 11.1 Å². The van der Waals surface area contributed by atoms with Crippen molar-refractivity contribution >= 4 is 16.1 Å². The van der Waals surface area contributed by atoms with E-state index in [-0.39, 0.29) is 0 Å². The topological polar surface area (TPSA) is 0 Å². The summed E-state index contributed by atoms with van der Waals surface area (Å²) in [7, 11) is -3.40. The largest absolute Gasteiger partial charge is 0.147 e. The Morgan fingerprint density at radius 1 is 0.321 bits per heavy atom. The van der Waals surface area contributed by atoms with Crippen LogP contribution in [-0.4, -0.2) is 16.1 Å². The Bertz CT molecular complexity index is 626. The van der Waals surface area contributed by atoms with Crippen molar-refractivity contribution < 1.29 is 0 Å². The van der Waals surface area contributed by atoms with Gasteiger partial charge in [0.1, 0.15) is 16.1 Å². The Hall–Kier alpha value is -1.33. The highest BCUT2D eigenvalue weighted by molar-refractivity contribution is 6.91. The van der Waals surface area contributed by atoms with Crippen molar-refractivity contribution in [3.05, 3.63) is 0 Å². The summed E-state index contributed by atoms with van der Waals surface area (Å²) in [4.78, 5) is 0. The van der Waals surface area contributed by atoms with Crippen LogP contribution in [0.3, 0.4) is 0 Å². The van der Waals surface area contributed by atoms with Gasteiger partial charge in [-0.3, -0.25) is 0 Å². The molecule has 0 aromatic carbocycles. The van der Waals surface area contributed by atoms with Gasteiger partial charge < -0.3 is 0 Å². The van der Waals surface area contributed by atoms with E-state index in [1.54, 1.807) is 0 Å². The molecule has 0 saturated heterocycles. The van der Waals surface area contributed by atoms with Gasteiger partial charge in [-0.25, -0.2) is 0 Å². The molecular weight excluding hydrogens is 368 g/mol. The molecule has 0 aromatic heterocycles. The van der Waals surface area contributed by atoms with Crippen molar-refractivity contribution in [3.63, 3.8) is 0 Å². The lowest BCUT2D eigenvalue weighted by atomic mass is 10.5. The zero-order valence-corrected chi connectivity index (χ0v) is 22.5. The van der Waals surface area contributed by atoms with Crippen molar-refractivity contribution in [2.75, 3.05) is 0 Å². The lowest BCUT2D eigenvalue weighted by Gasteiger charge is -2.37. The van der Waals surface area contributed by atoms with E-state index in [0.717, 1.165) is 0 Å².